The number of halogens is 1. The van der Waals surface area contributed by atoms with Gasteiger partial charge in [-0.15, -0.1) is 0 Å². The van der Waals surface area contributed by atoms with E-state index in [4.69, 9.17) is 14.6 Å². The monoisotopic (exact) mass is 446 g/mol. The average Bonchev–Trinajstić information content (AvgIpc) is 3.23. The second-order valence-electron chi connectivity index (χ2n) is 7.50. The van der Waals surface area contributed by atoms with Crippen molar-refractivity contribution in [1.29, 1.82) is 0 Å². The van der Waals surface area contributed by atoms with Crippen molar-refractivity contribution >= 4 is 5.97 Å². The Morgan fingerprint density at radius 1 is 0.970 bits per heavy atom. The molecule has 4 aromatic rings. The molecule has 4 rings (SSSR count). The van der Waals surface area contributed by atoms with E-state index < -0.39 is 5.97 Å². The highest BCUT2D eigenvalue weighted by molar-refractivity contribution is 5.76. The van der Waals surface area contributed by atoms with Gasteiger partial charge in [0.1, 0.15) is 17.3 Å². The van der Waals surface area contributed by atoms with Crippen LogP contribution in [0.15, 0.2) is 72.8 Å². The number of aliphatic carboxylic acids is 1. The van der Waals surface area contributed by atoms with Crippen molar-refractivity contribution in [2.45, 2.75) is 13.0 Å². The SMILES string of the molecule is COc1ccccc1Cn1nc(-c2cc(CC(=O)O)ccc2OC)cc1-c1ccc(F)cc1. The van der Waals surface area contributed by atoms with Gasteiger partial charge >= 0.3 is 5.97 Å². The zero-order chi connectivity index (χ0) is 23.4. The molecule has 0 fully saturated rings. The Kier molecular flexibility index (Phi) is 6.40. The van der Waals surface area contributed by atoms with Gasteiger partial charge in [-0.05, 0) is 54.1 Å². The van der Waals surface area contributed by atoms with Crippen molar-refractivity contribution < 1.29 is 23.8 Å². The number of aromatic nitrogens is 2. The zero-order valence-corrected chi connectivity index (χ0v) is 18.3. The average molecular weight is 446 g/mol. The van der Waals surface area contributed by atoms with Crippen LogP contribution in [-0.4, -0.2) is 35.1 Å². The van der Waals surface area contributed by atoms with Crippen LogP contribution in [0.5, 0.6) is 11.5 Å². The van der Waals surface area contributed by atoms with E-state index >= 15 is 0 Å². The van der Waals surface area contributed by atoms with Crippen molar-refractivity contribution in [3.05, 3.63) is 89.7 Å². The Labute approximate surface area is 190 Å². The molecule has 33 heavy (non-hydrogen) atoms. The van der Waals surface area contributed by atoms with Gasteiger partial charge in [-0.25, -0.2) is 4.39 Å². The summed E-state index contributed by atoms with van der Waals surface area (Å²) < 4.78 is 26.4. The van der Waals surface area contributed by atoms with E-state index in [1.54, 1.807) is 44.6 Å². The molecule has 0 spiro atoms. The molecule has 0 aliphatic carbocycles. The Hall–Kier alpha value is -4.13. The van der Waals surface area contributed by atoms with Crippen molar-refractivity contribution in [3.8, 4) is 34.0 Å². The summed E-state index contributed by atoms with van der Waals surface area (Å²) in [6.45, 7) is 0.424. The topological polar surface area (TPSA) is 73.6 Å². The van der Waals surface area contributed by atoms with Gasteiger partial charge in [0.15, 0.2) is 0 Å². The molecule has 0 amide bonds. The lowest BCUT2D eigenvalue weighted by molar-refractivity contribution is -0.136. The Morgan fingerprint density at radius 3 is 2.39 bits per heavy atom. The summed E-state index contributed by atoms with van der Waals surface area (Å²) in [5.41, 5.74) is 4.45. The highest BCUT2D eigenvalue weighted by atomic mass is 19.1. The summed E-state index contributed by atoms with van der Waals surface area (Å²) in [6, 6.07) is 21.0. The van der Waals surface area contributed by atoms with Crippen molar-refractivity contribution in [3.63, 3.8) is 0 Å². The number of benzene rings is 3. The molecule has 7 heteroatoms. The van der Waals surface area contributed by atoms with E-state index in [0.29, 0.717) is 29.1 Å². The number of carboxylic acids is 1. The Balaban J connectivity index is 1.85. The van der Waals surface area contributed by atoms with Gasteiger partial charge in [0.25, 0.3) is 0 Å². The molecule has 3 aromatic carbocycles. The number of ether oxygens (including phenoxy) is 2. The molecule has 0 bridgehead atoms. The molecular weight excluding hydrogens is 423 g/mol. The standard InChI is InChI=1S/C26H23FN2O4/c1-32-24-6-4-3-5-19(24)16-29-23(18-8-10-20(27)11-9-18)15-22(28-29)21-13-17(14-26(30)31)7-12-25(21)33-2/h3-13,15H,14,16H2,1-2H3,(H,30,31). The molecule has 1 aromatic heterocycles. The second kappa shape index (κ2) is 9.56. The first-order chi connectivity index (χ1) is 16.0. The molecule has 0 unspecified atom stereocenters. The van der Waals surface area contributed by atoms with E-state index in [-0.39, 0.29) is 12.2 Å². The van der Waals surface area contributed by atoms with Gasteiger partial charge in [0.05, 0.1) is 38.6 Å². The van der Waals surface area contributed by atoms with Crippen molar-refractivity contribution in [2.75, 3.05) is 14.2 Å². The third-order valence-corrected chi connectivity index (χ3v) is 5.33. The summed E-state index contributed by atoms with van der Waals surface area (Å²) >= 11 is 0. The lowest BCUT2D eigenvalue weighted by Gasteiger charge is -2.11. The molecule has 0 saturated heterocycles. The molecule has 168 valence electrons. The fraction of sp³-hybridized carbons (Fsp3) is 0.154. The molecule has 1 heterocycles. The predicted molar refractivity (Wildman–Crippen MR) is 123 cm³/mol. The van der Waals surface area contributed by atoms with Gasteiger partial charge < -0.3 is 14.6 Å². The van der Waals surface area contributed by atoms with Crippen LogP contribution in [-0.2, 0) is 17.8 Å². The minimum Gasteiger partial charge on any atom is -0.496 e. The maximum atomic E-state index is 13.6. The number of rotatable bonds is 8. The molecule has 6 nitrogen and oxygen atoms in total. The molecule has 0 atom stereocenters. The summed E-state index contributed by atoms with van der Waals surface area (Å²) in [5.74, 6) is 0.0787. The number of methoxy groups -OCH3 is 2. The van der Waals surface area contributed by atoms with Crippen LogP contribution < -0.4 is 9.47 Å². The Bertz CT molecular complexity index is 1280. The lowest BCUT2D eigenvalue weighted by atomic mass is 10.0. The third-order valence-electron chi connectivity index (χ3n) is 5.33. The van der Waals surface area contributed by atoms with Crippen LogP contribution in [0.25, 0.3) is 22.5 Å². The van der Waals surface area contributed by atoms with E-state index in [1.807, 2.05) is 35.0 Å². The van der Waals surface area contributed by atoms with Gasteiger partial charge in [-0.3, -0.25) is 9.48 Å². The quantitative estimate of drug-likeness (QED) is 0.410. The van der Waals surface area contributed by atoms with Gasteiger partial charge in [0, 0.05) is 16.7 Å². The van der Waals surface area contributed by atoms with Crippen LogP contribution in [0.1, 0.15) is 11.1 Å². The normalized spacial score (nSPS) is 10.8. The molecule has 0 radical (unpaired) electrons. The molecule has 0 aliphatic heterocycles. The van der Waals surface area contributed by atoms with Crippen LogP contribution in [0.2, 0.25) is 0 Å². The highest BCUT2D eigenvalue weighted by Gasteiger charge is 2.17. The number of para-hydroxylation sites is 1. The fourth-order valence-corrected chi connectivity index (χ4v) is 3.76. The van der Waals surface area contributed by atoms with Crippen molar-refractivity contribution in [2.24, 2.45) is 0 Å². The van der Waals surface area contributed by atoms with Gasteiger partial charge in [0.2, 0.25) is 0 Å². The largest absolute Gasteiger partial charge is 0.496 e. The maximum Gasteiger partial charge on any atom is 0.307 e. The van der Waals surface area contributed by atoms with Gasteiger partial charge in [-0.1, -0.05) is 24.3 Å². The molecule has 0 saturated carbocycles. The predicted octanol–water partition coefficient (Wildman–Crippen LogP) is 5.05. The van der Waals surface area contributed by atoms with Gasteiger partial charge in [-0.2, -0.15) is 5.10 Å². The first-order valence-corrected chi connectivity index (χ1v) is 10.3. The first-order valence-electron chi connectivity index (χ1n) is 10.3. The maximum absolute atomic E-state index is 13.6. The van der Waals surface area contributed by atoms with E-state index in [1.165, 1.54) is 12.1 Å². The number of carboxylic acid groups (broad SMARTS) is 1. The van der Waals surface area contributed by atoms with E-state index in [0.717, 1.165) is 22.6 Å². The summed E-state index contributed by atoms with van der Waals surface area (Å²) in [4.78, 5) is 11.2. The summed E-state index contributed by atoms with van der Waals surface area (Å²) in [5, 5.41) is 14.0. The smallest absolute Gasteiger partial charge is 0.307 e. The minimum atomic E-state index is -0.917. The second-order valence-corrected chi connectivity index (χ2v) is 7.50. The minimum absolute atomic E-state index is 0.107. The fourth-order valence-electron chi connectivity index (χ4n) is 3.76. The van der Waals surface area contributed by atoms with E-state index in [9.17, 15) is 14.3 Å². The number of hydrogen-bond acceptors (Lipinski definition) is 4. The van der Waals surface area contributed by atoms with E-state index in [2.05, 4.69) is 0 Å². The summed E-state index contributed by atoms with van der Waals surface area (Å²) in [7, 11) is 3.18. The van der Waals surface area contributed by atoms with Crippen LogP contribution in [0, 0.1) is 5.82 Å². The molecule has 0 aliphatic rings. The first kappa shape index (κ1) is 22.1. The number of carbonyl (C=O) groups is 1. The Morgan fingerprint density at radius 2 is 1.70 bits per heavy atom. The molecular formula is C26H23FN2O4. The summed E-state index contributed by atoms with van der Waals surface area (Å²) in [6.07, 6.45) is -0.107. The zero-order valence-electron chi connectivity index (χ0n) is 18.3. The highest BCUT2D eigenvalue weighted by Crippen LogP contribution is 2.34. The van der Waals surface area contributed by atoms with Crippen LogP contribution in [0.3, 0.4) is 0 Å². The van der Waals surface area contributed by atoms with Crippen LogP contribution in [0.4, 0.5) is 4.39 Å². The number of hydrogen-bond donors (Lipinski definition) is 1. The lowest BCUT2D eigenvalue weighted by Crippen LogP contribution is -2.05. The molecule has 1 N–H and O–H groups in total. The van der Waals surface area contributed by atoms with Crippen molar-refractivity contribution in [1.82, 2.24) is 9.78 Å². The van der Waals surface area contributed by atoms with Crippen LogP contribution >= 0.6 is 0 Å². The third kappa shape index (κ3) is 4.87. The number of nitrogens with zero attached hydrogens (tertiary/aromatic N) is 2.